The van der Waals surface area contributed by atoms with Crippen LogP contribution < -0.4 is 15.2 Å². The van der Waals surface area contributed by atoms with Crippen LogP contribution in [0.4, 0.5) is 11.6 Å². The summed E-state index contributed by atoms with van der Waals surface area (Å²) in [4.78, 5) is 28.9. The first-order chi connectivity index (χ1) is 14.7. The molecule has 0 atom stereocenters. The van der Waals surface area contributed by atoms with Gasteiger partial charge in [-0.15, -0.1) is 11.3 Å². The van der Waals surface area contributed by atoms with Gasteiger partial charge in [0.1, 0.15) is 4.70 Å². The van der Waals surface area contributed by atoms with Gasteiger partial charge in [-0.25, -0.2) is 0 Å². The first-order valence-corrected chi connectivity index (χ1v) is 11.0. The lowest BCUT2D eigenvalue weighted by Crippen LogP contribution is -2.36. The second kappa shape index (κ2) is 7.74. The molecule has 1 saturated heterocycles. The van der Waals surface area contributed by atoms with Gasteiger partial charge in [0.2, 0.25) is 11.3 Å². The highest BCUT2D eigenvalue weighted by Crippen LogP contribution is 2.38. The van der Waals surface area contributed by atoms with E-state index in [-0.39, 0.29) is 11.3 Å². The Labute approximate surface area is 178 Å². The van der Waals surface area contributed by atoms with E-state index in [2.05, 4.69) is 12.6 Å². The molecule has 0 unspecified atom stereocenters. The van der Waals surface area contributed by atoms with Crippen LogP contribution in [-0.2, 0) is 16.0 Å². The molecule has 3 aromatic rings. The van der Waals surface area contributed by atoms with Gasteiger partial charge in [-0.2, -0.15) is 0 Å². The third-order valence-electron chi connectivity index (χ3n) is 5.71. The first-order valence-electron chi connectivity index (χ1n) is 10.1. The number of carbonyl (C=O) groups is 1. The van der Waals surface area contributed by atoms with Crippen molar-refractivity contribution in [1.82, 2.24) is 0 Å². The van der Waals surface area contributed by atoms with Crippen molar-refractivity contribution in [3.63, 3.8) is 0 Å². The lowest BCUT2D eigenvalue weighted by Gasteiger charge is -2.29. The van der Waals surface area contributed by atoms with Crippen molar-refractivity contribution in [3.05, 3.63) is 58.1 Å². The molecule has 1 amide bonds. The zero-order valence-corrected chi connectivity index (χ0v) is 17.4. The summed E-state index contributed by atoms with van der Waals surface area (Å²) in [5.74, 6) is 0.487. The average molecular weight is 423 g/mol. The zero-order chi connectivity index (χ0) is 20.7. The second-order valence-electron chi connectivity index (χ2n) is 7.50. The molecular weight excluding hydrogens is 400 g/mol. The number of rotatable bonds is 3. The summed E-state index contributed by atoms with van der Waals surface area (Å²) in [5, 5.41) is 1.96. The minimum Gasteiger partial charge on any atom is -0.439 e. The van der Waals surface area contributed by atoms with E-state index in [1.165, 1.54) is 17.4 Å². The molecule has 2 aliphatic heterocycles. The minimum absolute atomic E-state index is 0.0320. The van der Waals surface area contributed by atoms with Crippen LogP contribution in [0.5, 0.6) is 0 Å². The van der Waals surface area contributed by atoms with E-state index in [0.717, 1.165) is 35.2 Å². The quantitative estimate of drug-likeness (QED) is 0.601. The van der Waals surface area contributed by atoms with Gasteiger partial charge in [0.15, 0.2) is 11.5 Å². The maximum Gasteiger partial charge on any atom is 0.250 e. The smallest absolute Gasteiger partial charge is 0.250 e. The molecule has 1 fully saturated rings. The van der Waals surface area contributed by atoms with Crippen molar-refractivity contribution < 1.29 is 13.9 Å². The lowest BCUT2D eigenvalue weighted by atomic mass is 9.97. The summed E-state index contributed by atoms with van der Waals surface area (Å²) in [7, 11) is 0. The van der Waals surface area contributed by atoms with E-state index >= 15 is 0 Å². The predicted octanol–water partition coefficient (Wildman–Crippen LogP) is 3.82. The molecule has 0 radical (unpaired) electrons. The van der Waals surface area contributed by atoms with Gasteiger partial charge in [-0.05, 0) is 36.1 Å². The fraction of sp³-hybridized carbons (Fsp3) is 0.304. The Morgan fingerprint density at radius 1 is 1.17 bits per heavy atom. The average Bonchev–Trinajstić information content (AvgIpc) is 3.23. The van der Waals surface area contributed by atoms with Gasteiger partial charge in [0.25, 0.3) is 0 Å². The number of morpholine rings is 1. The van der Waals surface area contributed by atoms with Crippen LogP contribution in [0.15, 0.2) is 51.5 Å². The Morgan fingerprint density at radius 3 is 2.80 bits per heavy atom. The number of amides is 1. The van der Waals surface area contributed by atoms with Crippen LogP contribution in [0.1, 0.15) is 12.0 Å². The van der Waals surface area contributed by atoms with Crippen LogP contribution in [0, 0.1) is 0 Å². The van der Waals surface area contributed by atoms with Crippen LogP contribution in [-0.4, -0.2) is 38.8 Å². The number of carbonyl (C=O) groups excluding carboxylic acids is 1. The molecule has 7 heteroatoms. The third-order valence-corrected chi connectivity index (χ3v) is 6.68. The summed E-state index contributed by atoms with van der Waals surface area (Å²) in [6.45, 7) is 6.96. The Hall–Kier alpha value is -2.90. The molecule has 4 heterocycles. The number of hydrogen-bond donors (Lipinski definition) is 0. The van der Waals surface area contributed by atoms with E-state index in [1.807, 2.05) is 22.4 Å². The summed E-state index contributed by atoms with van der Waals surface area (Å²) in [6, 6.07) is 7.72. The van der Waals surface area contributed by atoms with E-state index in [1.54, 1.807) is 11.0 Å². The fourth-order valence-corrected chi connectivity index (χ4v) is 5.06. The molecule has 0 aliphatic carbocycles. The molecule has 154 valence electrons. The Kier molecular flexibility index (Phi) is 4.92. The number of anilines is 2. The van der Waals surface area contributed by atoms with Crippen molar-refractivity contribution >= 4 is 39.1 Å². The normalized spacial score (nSPS) is 16.5. The fourth-order valence-electron chi connectivity index (χ4n) is 4.15. The zero-order valence-electron chi connectivity index (χ0n) is 16.6. The van der Waals surface area contributed by atoms with Crippen LogP contribution >= 0.6 is 11.3 Å². The standard InChI is InChI=1S/C23H22N2O4S/c1-2-20(27)25-7-3-4-15-5-6-16(12-18(15)25)17-14-30-23-19(26)13-21(29-22(17)23)24-8-10-28-11-9-24/h2,5-6,12-14H,1,3-4,7-11H2. The SMILES string of the molecule is C=CC(=O)N1CCCc2ccc(-c3csc4c(=O)cc(N5CCOCC5)oc34)cc21. The highest BCUT2D eigenvalue weighted by atomic mass is 32.1. The molecule has 0 spiro atoms. The van der Waals surface area contributed by atoms with Gasteiger partial charge < -0.3 is 19.0 Å². The molecule has 0 saturated carbocycles. The van der Waals surface area contributed by atoms with E-state index in [9.17, 15) is 9.59 Å². The number of aryl methyl sites for hydroxylation is 1. The van der Waals surface area contributed by atoms with E-state index in [4.69, 9.17) is 9.15 Å². The molecule has 0 N–H and O–H groups in total. The summed E-state index contributed by atoms with van der Waals surface area (Å²) < 4.78 is 12.3. The van der Waals surface area contributed by atoms with Gasteiger partial charge in [0.05, 0.1) is 13.2 Å². The maximum atomic E-state index is 12.7. The Morgan fingerprint density at radius 2 is 2.00 bits per heavy atom. The van der Waals surface area contributed by atoms with Crippen molar-refractivity contribution in [2.75, 3.05) is 42.6 Å². The van der Waals surface area contributed by atoms with Crippen LogP contribution in [0.2, 0.25) is 0 Å². The van der Waals surface area contributed by atoms with Gasteiger partial charge >= 0.3 is 0 Å². The molecule has 6 nitrogen and oxygen atoms in total. The molecular formula is C23H22N2O4S. The molecule has 2 aliphatic rings. The highest BCUT2D eigenvalue weighted by Gasteiger charge is 2.23. The van der Waals surface area contributed by atoms with Crippen molar-refractivity contribution in [2.24, 2.45) is 0 Å². The van der Waals surface area contributed by atoms with Crippen molar-refractivity contribution in [1.29, 1.82) is 0 Å². The van der Waals surface area contributed by atoms with Crippen molar-refractivity contribution in [3.8, 4) is 11.1 Å². The first kappa shape index (κ1) is 19.1. The van der Waals surface area contributed by atoms with Crippen LogP contribution in [0.25, 0.3) is 21.4 Å². The molecule has 2 aromatic heterocycles. The van der Waals surface area contributed by atoms with Gasteiger partial charge in [-0.1, -0.05) is 18.7 Å². The number of ether oxygens (including phenoxy) is 1. The van der Waals surface area contributed by atoms with Gasteiger partial charge in [-0.3, -0.25) is 9.59 Å². The monoisotopic (exact) mass is 422 g/mol. The second-order valence-corrected chi connectivity index (χ2v) is 8.38. The Bertz CT molecular complexity index is 1190. The number of benzene rings is 1. The summed E-state index contributed by atoms with van der Waals surface area (Å²) in [5.41, 5.74) is 4.44. The van der Waals surface area contributed by atoms with Gasteiger partial charge in [0, 0.05) is 42.3 Å². The van der Waals surface area contributed by atoms with Crippen LogP contribution in [0.3, 0.4) is 0 Å². The van der Waals surface area contributed by atoms with E-state index in [0.29, 0.717) is 49.0 Å². The Balaban J connectivity index is 1.61. The minimum atomic E-state index is -0.0931. The molecule has 30 heavy (non-hydrogen) atoms. The van der Waals surface area contributed by atoms with E-state index < -0.39 is 0 Å². The maximum absolute atomic E-state index is 12.7. The predicted molar refractivity (Wildman–Crippen MR) is 120 cm³/mol. The molecule has 0 bridgehead atoms. The van der Waals surface area contributed by atoms with Crippen molar-refractivity contribution in [2.45, 2.75) is 12.8 Å². The number of nitrogens with zero attached hydrogens (tertiary/aromatic N) is 2. The largest absolute Gasteiger partial charge is 0.439 e. The summed E-state index contributed by atoms with van der Waals surface area (Å²) in [6.07, 6.45) is 3.23. The lowest BCUT2D eigenvalue weighted by molar-refractivity contribution is -0.114. The summed E-state index contributed by atoms with van der Waals surface area (Å²) >= 11 is 1.39. The third kappa shape index (κ3) is 3.24. The molecule has 1 aromatic carbocycles. The highest BCUT2D eigenvalue weighted by molar-refractivity contribution is 7.17. The topological polar surface area (TPSA) is 63.0 Å². The molecule has 5 rings (SSSR count). The number of thiophene rings is 1. The number of fused-ring (bicyclic) bond motifs is 2. The number of hydrogen-bond acceptors (Lipinski definition) is 6.